The molecule has 22 heavy (non-hydrogen) atoms. The number of aliphatic hydroxyl groups excluding tert-OH is 1. The van der Waals surface area contributed by atoms with E-state index in [0.717, 1.165) is 21.3 Å². The topological polar surface area (TPSA) is 84.9 Å². The summed E-state index contributed by atoms with van der Waals surface area (Å²) in [6.07, 6.45) is 3.35. The van der Waals surface area contributed by atoms with Crippen molar-refractivity contribution in [3.63, 3.8) is 0 Å². The summed E-state index contributed by atoms with van der Waals surface area (Å²) in [4.78, 5) is 12.9. The van der Waals surface area contributed by atoms with Crippen molar-refractivity contribution in [1.82, 2.24) is 20.1 Å². The number of para-hydroxylation sites is 1. The van der Waals surface area contributed by atoms with Crippen LogP contribution in [0.15, 0.2) is 47.2 Å². The summed E-state index contributed by atoms with van der Waals surface area (Å²) in [7, 11) is 0. The predicted molar refractivity (Wildman–Crippen MR) is 82.1 cm³/mol. The van der Waals surface area contributed by atoms with Gasteiger partial charge < -0.3 is 9.63 Å². The monoisotopic (exact) mass is 310 g/mol. The van der Waals surface area contributed by atoms with Gasteiger partial charge in [0.1, 0.15) is 0 Å². The van der Waals surface area contributed by atoms with Crippen molar-refractivity contribution in [2.24, 2.45) is 0 Å². The zero-order valence-corrected chi connectivity index (χ0v) is 12.1. The van der Waals surface area contributed by atoms with Crippen LogP contribution in [0, 0.1) is 0 Å². The van der Waals surface area contributed by atoms with Gasteiger partial charge in [-0.25, -0.2) is 4.98 Å². The van der Waals surface area contributed by atoms with Crippen molar-refractivity contribution < 1.29 is 9.63 Å². The fraction of sp³-hybridized carbons (Fsp3) is 0.0667. The second kappa shape index (κ2) is 5.28. The molecule has 0 saturated heterocycles. The Balaban J connectivity index is 1.78. The van der Waals surface area contributed by atoms with E-state index in [9.17, 15) is 5.11 Å². The van der Waals surface area contributed by atoms with Crippen LogP contribution in [-0.4, -0.2) is 25.2 Å². The lowest BCUT2D eigenvalue weighted by Gasteiger charge is -1.94. The number of aliphatic hydroxyl groups is 1. The van der Waals surface area contributed by atoms with Gasteiger partial charge in [-0.05, 0) is 18.2 Å². The van der Waals surface area contributed by atoms with Crippen molar-refractivity contribution in [2.45, 2.75) is 6.61 Å². The first-order chi connectivity index (χ1) is 10.8. The average Bonchev–Trinajstić information content (AvgIpc) is 3.21. The highest BCUT2D eigenvalue weighted by Crippen LogP contribution is 2.31. The molecule has 3 heterocycles. The smallest absolute Gasteiger partial charge is 0.287 e. The number of hydrogen-bond donors (Lipinski definition) is 1. The maximum atomic E-state index is 9.38. The van der Waals surface area contributed by atoms with E-state index in [1.807, 2.05) is 30.3 Å². The van der Waals surface area contributed by atoms with Gasteiger partial charge in [-0.2, -0.15) is 4.98 Å². The Morgan fingerprint density at radius 1 is 1.09 bits per heavy atom. The molecule has 0 saturated carbocycles. The molecule has 0 spiro atoms. The van der Waals surface area contributed by atoms with E-state index in [2.05, 4.69) is 20.1 Å². The molecule has 0 amide bonds. The minimum absolute atomic E-state index is 0.0490. The number of aromatic nitrogens is 4. The van der Waals surface area contributed by atoms with E-state index >= 15 is 0 Å². The van der Waals surface area contributed by atoms with Gasteiger partial charge in [-0.15, -0.1) is 11.3 Å². The molecular weight excluding hydrogens is 300 g/mol. The Bertz CT molecular complexity index is 933. The van der Waals surface area contributed by atoms with Crippen LogP contribution in [0.1, 0.15) is 5.56 Å². The second-order valence-corrected chi connectivity index (χ2v) is 5.63. The summed E-state index contributed by atoms with van der Waals surface area (Å²) in [6, 6.07) is 9.33. The summed E-state index contributed by atoms with van der Waals surface area (Å²) in [6.45, 7) is -0.0490. The van der Waals surface area contributed by atoms with Gasteiger partial charge >= 0.3 is 0 Å². The summed E-state index contributed by atoms with van der Waals surface area (Å²) >= 11 is 1.46. The minimum atomic E-state index is -0.0490. The Morgan fingerprint density at radius 3 is 2.77 bits per heavy atom. The molecule has 0 aliphatic carbocycles. The zero-order valence-electron chi connectivity index (χ0n) is 11.3. The molecule has 0 fully saturated rings. The lowest BCUT2D eigenvalue weighted by molar-refractivity contribution is 0.283. The number of thiazole rings is 1. The van der Waals surface area contributed by atoms with Crippen molar-refractivity contribution in [3.8, 4) is 22.3 Å². The highest BCUT2D eigenvalue weighted by molar-refractivity contribution is 7.21. The van der Waals surface area contributed by atoms with Gasteiger partial charge in [0.2, 0.25) is 5.82 Å². The van der Waals surface area contributed by atoms with Crippen molar-refractivity contribution in [2.75, 3.05) is 0 Å². The molecule has 1 aromatic carbocycles. The average molecular weight is 310 g/mol. The number of hydrogen-bond acceptors (Lipinski definition) is 7. The maximum absolute atomic E-state index is 9.38. The van der Waals surface area contributed by atoms with Crippen LogP contribution in [-0.2, 0) is 6.61 Å². The second-order valence-electron chi connectivity index (χ2n) is 4.60. The Hall–Kier alpha value is -2.64. The number of fused-ring (bicyclic) bond motifs is 1. The normalized spacial score (nSPS) is 11.1. The highest BCUT2D eigenvalue weighted by atomic mass is 32.1. The van der Waals surface area contributed by atoms with E-state index < -0.39 is 0 Å². The molecule has 0 unspecified atom stereocenters. The molecule has 4 aromatic rings. The molecular formula is C15H10N4O2S. The summed E-state index contributed by atoms with van der Waals surface area (Å²) in [5.74, 6) is 0.871. The SMILES string of the molecule is OCc1cccc2sc(-c3nc(-c4ccncc4)no3)nc12. The first-order valence-corrected chi connectivity index (χ1v) is 7.40. The standard InChI is InChI=1S/C15H10N4O2S/c20-8-10-2-1-3-11-12(10)17-15(22-11)14-18-13(19-21-14)9-4-6-16-7-5-9/h1-7,20H,8H2. The van der Waals surface area contributed by atoms with Crippen LogP contribution in [0.3, 0.4) is 0 Å². The van der Waals surface area contributed by atoms with Gasteiger partial charge in [-0.3, -0.25) is 4.98 Å². The van der Waals surface area contributed by atoms with Crippen LogP contribution in [0.4, 0.5) is 0 Å². The van der Waals surface area contributed by atoms with E-state index in [0.29, 0.717) is 16.7 Å². The summed E-state index contributed by atoms with van der Waals surface area (Å²) in [5.41, 5.74) is 2.39. The fourth-order valence-electron chi connectivity index (χ4n) is 2.15. The molecule has 0 aliphatic rings. The van der Waals surface area contributed by atoms with Gasteiger partial charge in [0.05, 0.1) is 16.8 Å². The molecule has 3 aromatic heterocycles. The van der Waals surface area contributed by atoms with Crippen LogP contribution < -0.4 is 0 Å². The molecule has 1 N–H and O–H groups in total. The fourth-order valence-corrected chi connectivity index (χ4v) is 3.09. The summed E-state index contributed by atoms with van der Waals surface area (Å²) in [5, 5.41) is 14.0. The lowest BCUT2D eigenvalue weighted by atomic mass is 10.2. The molecule has 0 aliphatic heterocycles. The summed E-state index contributed by atoms with van der Waals surface area (Å²) < 4.78 is 6.29. The van der Waals surface area contributed by atoms with Crippen LogP contribution >= 0.6 is 11.3 Å². The van der Waals surface area contributed by atoms with Crippen molar-refractivity contribution in [1.29, 1.82) is 0 Å². The van der Waals surface area contributed by atoms with Crippen LogP contribution in [0.5, 0.6) is 0 Å². The quantitative estimate of drug-likeness (QED) is 0.626. The Morgan fingerprint density at radius 2 is 1.95 bits per heavy atom. The maximum Gasteiger partial charge on any atom is 0.287 e. The number of benzene rings is 1. The third kappa shape index (κ3) is 2.16. The van der Waals surface area contributed by atoms with Crippen LogP contribution in [0.25, 0.3) is 32.5 Å². The lowest BCUT2D eigenvalue weighted by Crippen LogP contribution is -1.84. The minimum Gasteiger partial charge on any atom is -0.392 e. The van der Waals surface area contributed by atoms with Gasteiger partial charge in [-0.1, -0.05) is 17.3 Å². The third-order valence-corrected chi connectivity index (χ3v) is 4.23. The molecule has 4 rings (SSSR count). The van der Waals surface area contributed by atoms with Gasteiger partial charge in [0.15, 0.2) is 5.01 Å². The Labute approximate surface area is 129 Å². The van der Waals surface area contributed by atoms with Crippen molar-refractivity contribution in [3.05, 3.63) is 48.3 Å². The van der Waals surface area contributed by atoms with Crippen LogP contribution in [0.2, 0.25) is 0 Å². The molecule has 0 bridgehead atoms. The van der Waals surface area contributed by atoms with E-state index in [-0.39, 0.29) is 6.61 Å². The molecule has 0 radical (unpaired) electrons. The first-order valence-electron chi connectivity index (χ1n) is 6.59. The molecule has 7 heteroatoms. The number of rotatable bonds is 3. The van der Waals surface area contributed by atoms with E-state index in [1.165, 1.54) is 11.3 Å². The first kappa shape index (κ1) is 13.1. The molecule has 6 nitrogen and oxygen atoms in total. The van der Waals surface area contributed by atoms with E-state index in [1.54, 1.807) is 12.4 Å². The van der Waals surface area contributed by atoms with E-state index in [4.69, 9.17) is 4.52 Å². The number of nitrogens with zero attached hydrogens (tertiary/aromatic N) is 4. The third-order valence-electron chi connectivity index (χ3n) is 3.22. The molecule has 108 valence electrons. The number of pyridine rings is 1. The Kier molecular flexibility index (Phi) is 3.14. The largest absolute Gasteiger partial charge is 0.392 e. The van der Waals surface area contributed by atoms with Crippen molar-refractivity contribution >= 4 is 21.6 Å². The zero-order chi connectivity index (χ0) is 14.9. The van der Waals surface area contributed by atoms with Gasteiger partial charge in [0, 0.05) is 23.5 Å². The predicted octanol–water partition coefficient (Wildman–Crippen LogP) is 2.90. The van der Waals surface area contributed by atoms with Gasteiger partial charge in [0.25, 0.3) is 5.89 Å². The highest BCUT2D eigenvalue weighted by Gasteiger charge is 2.16. The molecule has 0 atom stereocenters.